The maximum absolute atomic E-state index is 11.8. The van der Waals surface area contributed by atoms with E-state index >= 15 is 0 Å². The first-order valence-corrected chi connectivity index (χ1v) is 6.11. The Kier molecular flexibility index (Phi) is 3.82. The predicted molar refractivity (Wildman–Crippen MR) is 72.2 cm³/mol. The molecule has 4 N–H and O–H groups in total. The second-order valence-electron chi connectivity index (χ2n) is 4.41. The molecule has 0 spiro atoms. The van der Waals surface area contributed by atoms with Crippen molar-refractivity contribution in [1.82, 2.24) is 0 Å². The van der Waals surface area contributed by atoms with Crippen LogP contribution in [0.3, 0.4) is 0 Å². The number of anilines is 1. The van der Waals surface area contributed by atoms with Gasteiger partial charge in [-0.3, -0.25) is 4.79 Å². The number of benzene rings is 1. The van der Waals surface area contributed by atoms with Crippen molar-refractivity contribution in [3.63, 3.8) is 0 Å². The van der Waals surface area contributed by atoms with Crippen molar-refractivity contribution in [3.05, 3.63) is 29.8 Å². The number of amides is 1. The van der Waals surface area contributed by atoms with E-state index in [2.05, 4.69) is 4.99 Å². The van der Waals surface area contributed by atoms with E-state index in [0.717, 1.165) is 30.6 Å². The van der Waals surface area contributed by atoms with Crippen LogP contribution in [-0.2, 0) is 11.3 Å². The van der Waals surface area contributed by atoms with Gasteiger partial charge in [0, 0.05) is 18.7 Å². The maximum Gasteiger partial charge on any atom is 0.226 e. The zero-order chi connectivity index (χ0) is 13.0. The number of hydrogen-bond acceptors (Lipinski definition) is 2. The van der Waals surface area contributed by atoms with Crippen molar-refractivity contribution in [2.45, 2.75) is 25.8 Å². The number of rotatable bonds is 3. The number of aliphatic imine (C=N–C) groups is 1. The van der Waals surface area contributed by atoms with Crippen LogP contribution < -0.4 is 16.4 Å². The van der Waals surface area contributed by atoms with Crippen molar-refractivity contribution in [2.75, 3.05) is 11.4 Å². The second-order valence-corrected chi connectivity index (χ2v) is 4.41. The molecule has 5 heteroatoms. The first kappa shape index (κ1) is 12.4. The Morgan fingerprint density at radius 2 is 1.94 bits per heavy atom. The van der Waals surface area contributed by atoms with Gasteiger partial charge in [0.25, 0.3) is 0 Å². The van der Waals surface area contributed by atoms with E-state index in [0.29, 0.717) is 13.0 Å². The van der Waals surface area contributed by atoms with Crippen LogP contribution in [0, 0.1) is 0 Å². The zero-order valence-corrected chi connectivity index (χ0v) is 10.3. The van der Waals surface area contributed by atoms with Crippen LogP contribution in [0.2, 0.25) is 0 Å². The lowest BCUT2D eigenvalue weighted by atomic mass is 10.1. The van der Waals surface area contributed by atoms with Gasteiger partial charge in [0.05, 0.1) is 6.54 Å². The van der Waals surface area contributed by atoms with E-state index in [1.807, 2.05) is 29.2 Å². The number of nitrogens with zero attached hydrogens (tertiary/aromatic N) is 2. The molecule has 96 valence electrons. The molecule has 0 bridgehead atoms. The maximum atomic E-state index is 11.8. The highest BCUT2D eigenvalue weighted by Crippen LogP contribution is 2.21. The van der Waals surface area contributed by atoms with E-state index in [4.69, 9.17) is 11.5 Å². The van der Waals surface area contributed by atoms with Crippen molar-refractivity contribution in [2.24, 2.45) is 16.5 Å². The lowest BCUT2D eigenvalue weighted by Crippen LogP contribution is -2.35. The van der Waals surface area contributed by atoms with Gasteiger partial charge < -0.3 is 16.4 Å². The molecular formula is C13H18N4O. The molecule has 0 atom stereocenters. The van der Waals surface area contributed by atoms with E-state index < -0.39 is 0 Å². The van der Waals surface area contributed by atoms with E-state index in [1.54, 1.807) is 0 Å². The molecule has 1 saturated heterocycles. The summed E-state index contributed by atoms with van der Waals surface area (Å²) in [6, 6.07) is 7.79. The van der Waals surface area contributed by atoms with Crippen LogP contribution in [0.15, 0.2) is 29.3 Å². The van der Waals surface area contributed by atoms with Crippen LogP contribution in [0.5, 0.6) is 0 Å². The van der Waals surface area contributed by atoms with E-state index in [1.165, 1.54) is 0 Å². The van der Waals surface area contributed by atoms with Crippen LogP contribution in [0.1, 0.15) is 24.8 Å². The number of piperidine rings is 1. The summed E-state index contributed by atoms with van der Waals surface area (Å²) in [6.45, 7) is 1.28. The van der Waals surface area contributed by atoms with Crippen molar-refractivity contribution >= 4 is 17.6 Å². The Labute approximate surface area is 106 Å². The van der Waals surface area contributed by atoms with Gasteiger partial charge in [0.2, 0.25) is 5.91 Å². The van der Waals surface area contributed by atoms with E-state index in [-0.39, 0.29) is 11.9 Å². The van der Waals surface area contributed by atoms with Crippen LogP contribution in [0.25, 0.3) is 0 Å². The normalized spacial score (nSPS) is 15.6. The highest BCUT2D eigenvalue weighted by atomic mass is 16.2. The standard InChI is InChI=1S/C13H18N4O/c14-13(15)16-9-10-4-6-11(7-5-10)17-8-2-1-3-12(17)18/h4-7H,1-3,8-9H2,(H4,14,15,16). The van der Waals surface area contributed by atoms with Gasteiger partial charge in [-0.15, -0.1) is 0 Å². The van der Waals surface area contributed by atoms with Crippen molar-refractivity contribution < 1.29 is 4.79 Å². The third kappa shape index (κ3) is 3.00. The Morgan fingerprint density at radius 3 is 2.56 bits per heavy atom. The molecule has 1 amide bonds. The zero-order valence-electron chi connectivity index (χ0n) is 10.3. The SMILES string of the molecule is NC(N)=NCc1ccc(N2CCCCC2=O)cc1. The summed E-state index contributed by atoms with van der Waals surface area (Å²) in [4.78, 5) is 17.6. The molecule has 18 heavy (non-hydrogen) atoms. The van der Waals surface area contributed by atoms with E-state index in [9.17, 15) is 4.79 Å². The fourth-order valence-electron chi connectivity index (χ4n) is 2.04. The number of guanidine groups is 1. The van der Waals surface area contributed by atoms with Gasteiger partial charge >= 0.3 is 0 Å². The number of carbonyl (C=O) groups is 1. The minimum absolute atomic E-state index is 0.0882. The summed E-state index contributed by atoms with van der Waals surface area (Å²) in [7, 11) is 0. The van der Waals surface area contributed by atoms with Gasteiger partial charge in [0.1, 0.15) is 0 Å². The lowest BCUT2D eigenvalue weighted by Gasteiger charge is -2.26. The van der Waals surface area contributed by atoms with Gasteiger partial charge in [-0.05, 0) is 30.5 Å². The molecule has 0 saturated carbocycles. The quantitative estimate of drug-likeness (QED) is 0.615. The molecule has 0 aliphatic carbocycles. The Bertz CT molecular complexity index is 449. The summed E-state index contributed by atoms with van der Waals surface area (Å²) in [5, 5.41) is 0. The first-order valence-electron chi connectivity index (χ1n) is 6.11. The van der Waals surface area contributed by atoms with Crippen molar-refractivity contribution in [1.29, 1.82) is 0 Å². The molecule has 5 nitrogen and oxygen atoms in total. The fraction of sp³-hybridized carbons (Fsp3) is 0.385. The topological polar surface area (TPSA) is 84.7 Å². The van der Waals surface area contributed by atoms with Gasteiger partial charge in [-0.2, -0.15) is 0 Å². The third-order valence-electron chi connectivity index (χ3n) is 3.02. The summed E-state index contributed by atoms with van der Waals surface area (Å²) < 4.78 is 0. The summed E-state index contributed by atoms with van der Waals surface area (Å²) in [5.41, 5.74) is 12.5. The molecule has 0 radical (unpaired) electrons. The molecule has 2 rings (SSSR count). The third-order valence-corrected chi connectivity index (χ3v) is 3.02. The molecule has 1 aromatic carbocycles. The average molecular weight is 246 g/mol. The molecule has 0 unspecified atom stereocenters. The molecule has 0 aromatic heterocycles. The highest BCUT2D eigenvalue weighted by molar-refractivity contribution is 5.93. The number of hydrogen-bond donors (Lipinski definition) is 2. The van der Waals surface area contributed by atoms with Gasteiger partial charge in [-0.1, -0.05) is 12.1 Å². The van der Waals surface area contributed by atoms with Crippen LogP contribution in [-0.4, -0.2) is 18.4 Å². The monoisotopic (exact) mass is 246 g/mol. The summed E-state index contributed by atoms with van der Waals surface area (Å²) in [6.07, 6.45) is 2.72. The average Bonchev–Trinajstić information content (AvgIpc) is 2.38. The van der Waals surface area contributed by atoms with Gasteiger partial charge in [-0.25, -0.2) is 4.99 Å². The Morgan fingerprint density at radius 1 is 1.22 bits per heavy atom. The Balaban J connectivity index is 2.07. The van der Waals surface area contributed by atoms with Crippen LogP contribution in [0.4, 0.5) is 5.69 Å². The number of carbonyl (C=O) groups excluding carboxylic acids is 1. The number of nitrogens with two attached hydrogens (primary N) is 2. The minimum Gasteiger partial charge on any atom is -0.370 e. The summed E-state index contributed by atoms with van der Waals surface area (Å²) >= 11 is 0. The lowest BCUT2D eigenvalue weighted by molar-refractivity contribution is -0.119. The minimum atomic E-state index is 0.0882. The second kappa shape index (κ2) is 5.53. The molecule has 1 aliphatic rings. The highest BCUT2D eigenvalue weighted by Gasteiger charge is 2.19. The molecular weight excluding hydrogens is 228 g/mol. The largest absolute Gasteiger partial charge is 0.370 e. The van der Waals surface area contributed by atoms with Crippen LogP contribution >= 0.6 is 0 Å². The molecule has 1 aliphatic heterocycles. The fourth-order valence-corrected chi connectivity index (χ4v) is 2.04. The predicted octanol–water partition coefficient (Wildman–Crippen LogP) is 0.977. The van der Waals surface area contributed by atoms with Gasteiger partial charge in [0.15, 0.2) is 5.96 Å². The summed E-state index contributed by atoms with van der Waals surface area (Å²) in [5.74, 6) is 0.295. The Hall–Kier alpha value is -2.04. The molecule has 1 fully saturated rings. The van der Waals surface area contributed by atoms with Crippen molar-refractivity contribution in [3.8, 4) is 0 Å². The first-order chi connectivity index (χ1) is 8.66. The molecule has 1 heterocycles. The smallest absolute Gasteiger partial charge is 0.226 e. The molecule has 1 aromatic rings.